The van der Waals surface area contributed by atoms with Crippen LogP contribution in [-0.4, -0.2) is 75.8 Å². The normalized spacial score (nSPS) is 17.0. The molecule has 0 bridgehead atoms. The van der Waals surface area contributed by atoms with E-state index in [1.54, 1.807) is 23.5 Å². The highest BCUT2D eigenvalue weighted by molar-refractivity contribution is 14.0. The van der Waals surface area contributed by atoms with E-state index < -0.39 is 0 Å². The van der Waals surface area contributed by atoms with E-state index in [0.717, 1.165) is 44.4 Å². The van der Waals surface area contributed by atoms with Crippen molar-refractivity contribution < 1.29 is 9.13 Å². The summed E-state index contributed by atoms with van der Waals surface area (Å²) in [5, 5.41) is 8.93. The number of likely N-dealkylation sites (N-methyl/N-ethyl adjacent to an activating group) is 1. The first-order chi connectivity index (χ1) is 15.1. The second kappa shape index (κ2) is 14.1. The molecule has 1 saturated heterocycles. The van der Waals surface area contributed by atoms with Gasteiger partial charge in [-0.05, 0) is 50.2 Å². The van der Waals surface area contributed by atoms with E-state index in [4.69, 9.17) is 9.73 Å². The minimum Gasteiger partial charge on any atom is -0.379 e. The Hall–Kier alpha value is -1.27. The molecule has 2 N–H and O–H groups in total. The van der Waals surface area contributed by atoms with Crippen LogP contribution in [0.25, 0.3) is 0 Å². The number of nitrogens with one attached hydrogen (secondary N) is 2. The van der Waals surface area contributed by atoms with Gasteiger partial charge in [-0.15, -0.1) is 35.3 Å². The summed E-state index contributed by atoms with van der Waals surface area (Å²) in [6, 6.07) is 11.4. The van der Waals surface area contributed by atoms with Gasteiger partial charge in [0, 0.05) is 31.1 Å². The van der Waals surface area contributed by atoms with Crippen molar-refractivity contribution in [1.29, 1.82) is 0 Å². The summed E-state index contributed by atoms with van der Waals surface area (Å²) in [5.41, 5.74) is 0.943. The monoisotopic (exact) mass is 575 g/mol. The van der Waals surface area contributed by atoms with E-state index in [1.165, 1.54) is 10.9 Å². The Morgan fingerprint density at radius 2 is 2.00 bits per heavy atom. The second-order valence-electron chi connectivity index (χ2n) is 7.81. The molecular weight excluding hydrogens is 540 g/mol. The molecular formula is C23H35FIN5OS. The zero-order chi connectivity index (χ0) is 22.1. The van der Waals surface area contributed by atoms with Gasteiger partial charge in [-0.3, -0.25) is 9.89 Å². The molecule has 1 aromatic heterocycles. The van der Waals surface area contributed by atoms with E-state index in [2.05, 4.69) is 44.9 Å². The highest BCUT2D eigenvalue weighted by Crippen LogP contribution is 2.26. The minimum absolute atomic E-state index is 0. The maximum absolute atomic E-state index is 13.7. The van der Waals surface area contributed by atoms with E-state index >= 15 is 0 Å². The summed E-state index contributed by atoms with van der Waals surface area (Å²) in [5.74, 6) is 0.565. The van der Waals surface area contributed by atoms with Crippen LogP contribution in [0, 0.1) is 5.82 Å². The van der Waals surface area contributed by atoms with Gasteiger partial charge in [-0.1, -0.05) is 18.2 Å². The SMILES string of the molecule is CCNC(=NCC(c1cccs1)N1CCOCC1)NCC(c1cccc(F)c1)N(C)C.I. The fourth-order valence-corrected chi connectivity index (χ4v) is 4.63. The highest BCUT2D eigenvalue weighted by atomic mass is 127. The van der Waals surface area contributed by atoms with Crippen LogP contribution < -0.4 is 10.6 Å². The Morgan fingerprint density at radius 3 is 2.62 bits per heavy atom. The quantitative estimate of drug-likeness (QED) is 0.271. The maximum atomic E-state index is 13.7. The summed E-state index contributed by atoms with van der Waals surface area (Å²) in [6.07, 6.45) is 0. The van der Waals surface area contributed by atoms with Gasteiger partial charge in [0.05, 0.1) is 31.8 Å². The lowest BCUT2D eigenvalue weighted by Crippen LogP contribution is -2.43. The van der Waals surface area contributed by atoms with Crippen molar-refractivity contribution in [3.63, 3.8) is 0 Å². The molecule has 3 rings (SSSR count). The van der Waals surface area contributed by atoms with Crippen molar-refractivity contribution in [1.82, 2.24) is 20.4 Å². The van der Waals surface area contributed by atoms with Crippen LogP contribution in [-0.2, 0) is 4.74 Å². The van der Waals surface area contributed by atoms with Crippen molar-refractivity contribution in [3.05, 3.63) is 58.0 Å². The lowest BCUT2D eigenvalue weighted by atomic mass is 10.1. The summed E-state index contributed by atoms with van der Waals surface area (Å²) in [4.78, 5) is 10.8. The molecule has 1 aromatic carbocycles. The number of benzene rings is 1. The minimum atomic E-state index is -0.214. The second-order valence-corrected chi connectivity index (χ2v) is 8.79. The smallest absolute Gasteiger partial charge is 0.191 e. The van der Waals surface area contributed by atoms with Gasteiger partial charge >= 0.3 is 0 Å². The number of rotatable bonds is 9. The summed E-state index contributed by atoms with van der Waals surface area (Å²) < 4.78 is 19.3. The Labute approximate surface area is 212 Å². The molecule has 2 unspecified atom stereocenters. The Morgan fingerprint density at radius 1 is 1.22 bits per heavy atom. The van der Waals surface area contributed by atoms with Gasteiger partial charge in [-0.25, -0.2) is 4.39 Å². The van der Waals surface area contributed by atoms with Gasteiger partial charge in [0.15, 0.2) is 5.96 Å². The van der Waals surface area contributed by atoms with Crippen LogP contribution in [0.5, 0.6) is 0 Å². The summed E-state index contributed by atoms with van der Waals surface area (Å²) >= 11 is 1.78. The molecule has 6 nitrogen and oxygen atoms in total. The van der Waals surface area contributed by atoms with Crippen LogP contribution in [0.15, 0.2) is 46.8 Å². The van der Waals surface area contributed by atoms with Crippen LogP contribution in [0.2, 0.25) is 0 Å². The first-order valence-electron chi connectivity index (χ1n) is 10.9. The van der Waals surface area contributed by atoms with Crippen LogP contribution in [0.3, 0.4) is 0 Å². The van der Waals surface area contributed by atoms with Crippen molar-refractivity contribution >= 4 is 41.3 Å². The number of aliphatic imine (C=N–C) groups is 1. The molecule has 2 atom stereocenters. The van der Waals surface area contributed by atoms with Gasteiger partial charge < -0.3 is 20.3 Å². The summed E-state index contributed by atoms with van der Waals surface area (Å²) in [7, 11) is 4.01. The number of ether oxygens (including phenoxy) is 1. The number of thiophene rings is 1. The standard InChI is InChI=1S/C23H34FN5OS.HI/c1-4-25-23(26-16-20(28(2)3)18-7-5-8-19(24)15-18)27-17-21(22-9-6-14-31-22)29-10-12-30-13-11-29;/h5-9,14-15,20-21H,4,10-13,16-17H2,1-3H3,(H2,25,26,27);1H. The number of morpholine rings is 1. The molecule has 1 fully saturated rings. The molecule has 2 heterocycles. The topological polar surface area (TPSA) is 52.1 Å². The third-order valence-electron chi connectivity index (χ3n) is 5.44. The van der Waals surface area contributed by atoms with E-state index in [-0.39, 0.29) is 41.9 Å². The van der Waals surface area contributed by atoms with Crippen LogP contribution in [0.4, 0.5) is 4.39 Å². The largest absolute Gasteiger partial charge is 0.379 e. The van der Waals surface area contributed by atoms with E-state index in [1.807, 2.05) is 20.2 Å². The van der Waals surface area contributed by atoms with Crippen LogP contribution >= 0.6 is 35.3 Å². The molecule has 0 aliphatic carbocycles. The van der Waals surface area contributed by atoms with E-state index in [9.17, 15) is 4.39 Å². The lowest BCUT2D eigenvalue weighted by molar-refractivity contribution is 0.0186. The first kappa shape index (κ1) is 27.0. The molecule has 1 aliphatic rings. The zero-order valence-electron chi connectivity index (χ0n) is 19.1. The average molecular weight is 576 g/mol. The van der Waals surface area contributed by atoms with Crippen LogP contribution in [0.1, 0.15) is 29.4 Å². The molecule has 9 heteroatoms. The Bertz CT molecular complexity index is 814. The lowest BCUT2D eigenvalue weighted by Gasteiger charge is -2.33. The molecule has 178 valence electrons. The predicted molar refractivity (Wildman–Crippen MR) is 142 cm³/mol. The number of hydrogen-bond donors (Lipinski definition) is 2. The third-order valence-corrected chi connectivity index (χ3v) is 6.42. The third kappa shape index (κ3) is 7.95. The molecule has 0 radical (unpaired) electrons. The Balaban J connectivity index is 0.00000363. The van der Waals surface area contributed by atoms with Gasteiger partial charge in [-0.2, -0.15) is 0 Å². The van der Waals surface area contributed by atoms with Crippen molar-refractivity contribution in [2.75, 3.05) is 60.0 Å². The van der Waals surface area contributed by atoms with Crippen molar-refractivity contribution in [2.45, 2.75) is 19.0 Å². The van der Waals surface area contributed by atoms with Crippen molar-refractivity contribution in [2.24, 2.45) is 4.99 Å². The van der Waals surface area contributed by atoms with Gasteiger partial charge in [0.25, 0.3) is 0 Å². The first-order valence-corrected chi connectivity index (χ1v) is 11.8. The number of hydrogen-bond acceptors (Lipinski definition) is 5. The fraction of sp³-hybridized carbons (Fsp3) is 0.522. The number of nitrogens with zero attached hydrogens (tertiary/aromatic N) is 3. The highest BCUT2D eigenvalue weighted by Gasteiger charge is 2.23. The molecule has 2 aromatic rings. The number of halogens is 2. The summed E-state index contributed by atoms with van der Waals surface area (Å²) in [6.45, 7) is 7.51. The van der Waals surface area contributed by atoms with Gasteiger partial charge in [0.2, 0.25) is 0 Å². The number of guanidine groups is 1. The maximum Gasteiger partial charge on any atom is 0.191 e. The van der Waals surface area contributed by atoms with E-state index in [0.29, 0.717) is 13.1 Å². The average Bonchev–Trinajstić information content (AvgIpc) is 3.29. The Kier molecular flexibility index (Phi) is 11.9. The fourth-order valence-electron chi connectivity index (χ4n) is 3.78. The molecule has 0 spiro atoms. The van der Waals surface area contributed by atoms with Gasteiger partial charge in [0.1, 0.15) is 5.82 Å². The molecule has 1 aliphatic heterocycles. The van der Waals surface area contributed by atoms with Crippen molar-refractivity contribution in [3.8, 4) is 0 Å². The predicted octanol–water partition coefficient (Wildman–Crippen LogP) is 3.74. The molecule has 0 saturated carbocycles. The zero-order valence-corrected chi connectivity index (χ0v) is 22.2. The molecule has 32 heavy (non-hydrogen) atoms. The molecule has 0 amide bonds.